The van der Waals surface area contributed by atoms with Gasteiger partial charge in [-0.2, -0.15) is 5.26 Å². The largest absolute Gasteiger partial charge is 0.347 e. The van der Waals surface area contributed by atoms with Crippen molar-refractivity contribution in [1.29, 1.82) is 5.26 Å². The summed E-state index contributed by atoms with van der Waals surface area (Å²) in [6.45, 7) is 1.95. The van der Waals surface area contributed by atoms with E-state index in [0.29, 0.717) is 22.7 Å². The number of anilines is 1. The molecule has 3 heterocycles. The predicted octanol–water partition coefficient (Wildman–Crippen LogP) is 1.55. The molecule has 5 heteroatoms. The van der Waals surface area contributed by atoms with E-state index in [2.05, 4.69) is 21.3 Å². The minimum Gasteiger partial charge on any atom is -0.347 e. The summed E-state index contributed by atoms with van der Waals surface area (Å²) in [6, 6.07) is 4.70. The van der Waals surface area contributed by atoms with Gasteiger partial charge >= 0.3 is 0 Å². The molecule has 0 aliphatic carbocycles. The molecule has 3 rings (SSSR count). The molecule has 0 amide bonds. The third kappa shape index (κ3) is 1.67. The Kier molecular flexibility index (Phi) is 2.65. The molecule has 0 spiro atoms. The van der Waals surface area contributed by atoms with Gasteiger partial charge in [0.2, 0.25) is 0 Å². The summed E-state index contributed by atoms with van der Waals surface area (Å²) in [5, 5.41) is 12.9. The molecule has 1 N–H and O–H groups in total. The topological polar surface area (TPSA) is 52.0 Å². The van der Waals surface area contributed by atoms with Crippen LogP contribution in [0.3, 0.4) is 0 Å². The zero-order valence-corrected chi connectivity index (χ0v) is 10.1. The van der Waals surface area contributed by atoms with Gasteiger partial charge in [0, 0.05) is 31.4 Å². The highest BCUT2D eigenvalue weighted by molar-refractivity contribution is 6.34. The van der Waals surface area contributed by atoms with Gasteiger partial charge < -0.3 is 10.2 Å². The van der Waals surface area contributed by atoms with Crippen molar-refractivity contribution in [1.82, 2.24) is 10.3 Å². The molecule has 2 atom stereocenters. The van der Waals surface area contributed by atoms with Crippen molar-refractivity contribution in [3.63, 3.8) is 0 Å². The van der Waals surface area contributed by atoms with Crippen molar-refractivity contribution < 1.29 is 0 Å². The average molecular weight is 249 g/mol. The summed E-state index contributed by atoms with van der Waals surface area (Å²) in [5.41, 5.74) is 0.509. The van der Waals surface area contributed by atoms with E-state index in [1.54, 1.807) is 12.3 Å². The predicted molar refractivity (Wildman–Crippen MR) is 66.1 cm³/mol. The maximum atomic E-state index is 9.00. The van der Waals surface area contributed by atoms with Crippen LogP contribution in [-0.4, -0.2) is 30.2 Å². The van der Waals surface area contributed by atoms with Crippen LogP contribution in [0.25, 0.3) is 0 Å². The average Bonchev–Trinajstić information content (AvgIpc) is 2.60. The van der Waals surface area contributed by atoms with Gasteiger partial charge in [-0.1, -0.05) is 11.6 Å². The van der Waals surface area contributed by atoms with Crippen LogP contribution in [0.15, 0.2) is 12.3 Å². The summed E-state index contributed by atoms with van der Waals surface area (Å²) >= 11 is 6.25. The first-order valence-electron chi connectivity index (χ1n) is 5.85. The minimum atomic E-state index is 0.465. The van der Waals surface area contributed by atoms with Crippen LogP contribution < -0.4 is 10.2 Å². The first-order valence-corrected chi connectivity index (χ1v) is 6.22. The van der Waals surface area contributed by atoms with Crippen LogP contribution in [0, 0.1) is 11.3 Å². The fraction of sp³-hybridized carbons (Fsp3) is 0.500. The van der Waals surface area contributed by atoms with Crippen molar-refractivity contribution in [3.05, 3.63) is 22.8 Å². The SMILES string of the molecule is N#Cc1ccnc(N2C3CCC2CNC3)c1Cl. The van der Waals surface area contributed by atoms with Crippen molar-refractivity contribution in [3.8, 4) is 6.07 Å². The Bertz CT molecular complexity index is 466. The molecule has 2 bridgehead atoms. The molecule has 2 aliphatic heterocycles. The van der Waals surface area contributed by atoms with Crippen LogP contribution in [-0.2, 0) is 0 Å². The Hall–Kier alpha value is -1.31. The lowest BCUT2D eigenvalue weighted by Crippen LogP contribution is -2.52. The highest BCUT2D eigenvalue weighted by Gasteiger charge is 2.38. The maximum Gasteiger partial charge on any atom is 0.149 e. The number of fused-ring (bicyclic) bond motifs is 2. The summed E-state index contributed by atoms with van der Waals surface area (Å²) in [7, 11) is 0. The van der Waals surface area contributed by atoms with Crippen LogP contribution in [0.5, 0.6) is 0 Å². The zero-order chi connectivity index (χ0) is 11.8. The summed E-state index contributed by atoms with van der Waals surface area (Å²) in [4.78, 5) is 6.66. The van der Waals surface area contributed by atoms with Gasteiger partial charge in [-0.25, -0.2) is 4.98 Å². The second kappa shape index (κ2) is 4.17. The number of pyridine rings is 1. The number of nitrogens with zero attached hydrogens (tertiary/aromatic N) is 3. The molecule has 2 fully saturated rings. The van der Waals surface area contributed by atoms with Crippen LogP contribution >= 0.6 is 11.6 Å². The van der Waals surface area contributed by atoms with Gasteiger partial charge in [0.25, 0.3) is 0 Å². The van der Waals surface area contributed by atoms with Gasteiger partial charge in [-0.3, -0.25) is 0 Å². The Labute approximate surface area is 105 Å². The fourth-order valence-corrected chi connectivity index (χ4v) is 3.08. The molecule has 2 unspecified atom stereocenters. The first-order chi connectivity index (χ1) is 8.31. The Morgan fingerprint density at radius 2 is 2.12 bits per heavy atom. The second-order valence-corrected chi connectivity index (χ2v) is 4.94. The number of aromatic nitrogens is 1. The number of hydrogen-bond donors (Lipinski definition) is 1. The number of hydrogen-bond acceptors (Lipinski definition) is 4. The minimum absolute atomic E-state index is 0.465. The molecule has 1 aromatic rings. The van der Waals surface area contributed by atoms with Crippen LogP contribution in [0.1, 0.15) is 18.4 Å². The molecule has 17 heavy (non-hydrogen) atoms. The van der Waals surface area contributed by atoms with Gasteiger partial charge in [0.1, 0.15) is 16.9 Å². The molecule has 2 aliphatic rings. The lowest BCUT2D eigenvalue weighted by molar-refractivity contribution is 0.481. The molecule has 0 radical (unpaired) electrons. The Balaban J connectivity index is 2.02. The molecule has 2 saturated heterocycles. The van der Waals surface area contributed by atoms with E-state index in [-0.39, 0.29) is 0 Å². The highest BCUT2D eigenvalue weighted by atomic mass is 35.5. The number of halogens is 1. The number of nitrogens with one attached hydrogen (secondary N) is 1. The van der Waals surface area contributed by atoms with E-state index < -0.39 is 0 Å². The van der Waals surface area contributed by atoms with Gasteiger partial charge in [0.05, 0.1) is 5.56 Å². The lowest BCUT2D eigenvalue weighted by atomic mass is 10.2. The molecular weight excluding hydrogens is 236 g/mol. The summed E-state index contributed by atoms with van der Waals surface area (Å²) in [6.07, 6.45) is 4.01. The molecule has 0 saturated carbocycles. The standard InChI is InChI=1S/C12H13ClN4/c13-11-8(5-14)3-4-16-12(11)17-9-1-2-10(17)7-15-6-9/h3-4,9-10,15H,1-2,6-7H2. The van der Waals surface area contributed by atoms with Crippen LogP contribution in [0.2, 0.25) is 5.02 Å². The highest BCUT2D eigenvalue weighted by Crippen LogP contribution is 2.36. The lowest BCUT2D eigenvalue weighted by Gasteiger charge is -2.36. The Morgan fingerprint density at radius 1 is 1.41 bits per heavy atom. The maximum absolute atomic E-state index is 9.00. The zero-order valence-electron chi connectivity index (χ0n) is 9.36. The molecule has 1 aromatic heterocycles. The van der Waals surface area contributed by atoms with E-state index in [9.17, 15) is 0 Å². The van der Waals surface area contributed by atoms with Crippen molar-refractivity contribution in [2.45, 2.75) is 24.9 Å². The summed E-state index contributed by atoms with van der Waals surface area (Å²) in [5.74, 6) is 0.778. The van der Waals surface area contributed by atoms with Crippen LogP contribution in [0.4, 0.5) is 5.82 Å². The van der Waals surface area contributed by atoms with Crippen molar-refractivity contribution in [2.24, 2.45) is 0 Å². The monoisotopic (exact) mass is 248 g/mol. The number of rotatable bonds is 1. The van der Waals surface area contributed by atoms with E-state index in [4.69, 9.17) is 16.9 Å². The number of piperazine rings is 1. The molecule has 4 nitrogen and oxygen atoms in total. The quantitative estimate of drug-likeness (QED) is 0.819. The third-order valence-electron chi connectivity index (χ3n) is 3.62. The van der Waals surface area contributed by atoms with Gasteiger partial charge in [-0.15, -0.1) is 0 Å². The fourth-order valence-electron chi connectivity index (χ4n) is 2.82. The van der Waals surface area contributed by atoms with Gasteiger partial charge in [0.15, 0.2) is 0 Å². The third-order valence-corrected chi connectivity index (χ3v) is 3.99. The molecule has 88 valence electrons. The summed E-state index contributed by atoms with van der Waals surface area (Å²) < 4.78 is 0. The van der Waals surface area contributed by atoms with Gasteiger partial charge in [-0.05, 0) is 18.9 Å². The normalized spacial score (nSPS) is 26.9. The smallest absolute Gasteiger partial charge is 0.149 e. The van der Waals surface area contributed by atoms with E-state index in [1.807, 2.05) is 0 Å². The second-order valence-electron chi connectivity index (χ2n) is 4.56. The first kappa shape index (κ1) is 10.8. The number of nitriles is 1. The van der Waals surface area contributed by atoms with E-state index in [1.165, 1.54) is 12.8 Å². The van der Waals surface area contributed by atoms with E-state index in [0.717, 1.165) is 18.9 Å². The Morgan fingerprint density at radius 3 is 2.76 bits per heavy atom. The van der Waals surface area contributed by atoms with Crippen molar-refractivity contribution in [2.75, 3.05) is 18.0 Å². The molecule has 0 aromatic carbocycles. The molecular formula is C12H13ClN4. The van der Waals surface area contributed by atoms with E-state index >= 15 is 0 Å². The van der Waals surface area contributed by atoms with Crippen molar-refractivity contribution >= 4 is 17.4 Å².